The van der Waals surface area contributed by atoms with Crippen LogP contribution in [0.3, 0.4) is 0 Å². The highest BCUT2D eigenvalue weighted by Crippen LogP contribution is 2.27. The lowest BCUT2D eigenvalue weighted by Gasteiger charge is -2.14. The van der Waals surface area contributed by atoms with Gasteiger partial charge in [-0.3, -0.25) is 14.5 Å². The number of methoxy groups -OCH3 is 2. The van der Waals surface area contributed by atoms with Crippen LogP contribution < -0.4 is 20.1 Å². The fourth-order valence-corrected chi connectivity index (χ4v) is 2.77. The summed E-state index contributed by atoms with van der Waals surface area (Å²) >= 11 is 0. The first kappa shape index (κ1) is 19.6. The molecule has 1 unspecified atom stereocenters. The Kier molecular flexibility index (Phi) is 6.43. The van der Waals surface area contributed by atoms with E-state index < -0.39 is 12.1 Å². The molecule has 1 aromatic carbocycles. The van der Waals surface area contributed by atoms with Gasteiger partial charge >= 0.3 is 6.03 Å². The lowest BCUT2D eigenvalue weighted by atomic mass is 10.1. The van der Waals surface area contributed by atoms with Gasteiger partial charge in [0.25, 0.3) is 5.91 Å². The Morgan fingerprint density at radius 1 is 1.23 bits per heavy atom. The molecule has 1 aliphatic rings. The molecule has 26 heavy (non-hydrogen) atoms. The van der Waals surface area contributed by atoms with E-state index in [-0.39, 0.29) is 30.8 Å². The van der Waals surface area contributed by atoms with E-state index in [0.717, 1.165) is 10.5 Å². The van der Waals surface area contributed by atoms with E-state index in [1.165, 1.54) is 0 Å². The number of nitrogens with zero attached hydrogens (tertiary/aromatic N) is 1. The molecule has 0 bridgehead atoms. The third kappa shape index (κ3) is 4.65. The Labute approximate surface area is 152 Å². The summed E-state index contributed by atoms with van der Waals surface area (Å²) in [6.45, 7) is 3.90. The molecular formula is C18H25N3O5. The first-order valence-corrected chi connectivity index (χ1v) is 8.47. The monoisotopic (exact) mass is 363 g/mol. The maximum Gasteiger partial charge on any atom is 0.324 e. The zero-order valence-corrected chi connectivity index (χ0v) is 15.5. The van der Waals surface area contributed by atoms with Gasteiger partial charge in [0.15, 0.2) is 11.5 Å². The van der Waals surface area contributed by atoms with E-state index in [0.29, 0.717) is 17.9 Å². The quantitative estimate of drug-likeness (QED) is 0.674. The first-order valence-electron chi connectivity index (χ1n) is 8.47. The molecule has 1 atom stereocenters. The summed E-state index contributed by atoms with van der Waals surface area (Å²) in [5.41, 5.74) is 0.907. The zero-order chi connectivity index (χ0) is 19.3. The Balaban J connectivity index is 1.96. The number of hydrogen-bond donors (Lipinski definition) is 2. The van der Waals surface area contributed by atoms with Crippen molar-refractivity contribution < 1.29 is 23.9 Å². The van der Waals surface area contributed by atoms with Crippen LogP contribution in [0.15, 0.2) is 18.2 Å². The average Bonchev–Trinajstić information content (AvgIpc) is 2.85. The maximum atomic E-state index is 12.4. The Hall–Kier alpha value is -2.77. The number of rotatable bonds is 8. The molecular weight excluding hydrogens is 338 g/mol. The molecule has 2 N–H and O–H groups in total. The van der Waals surface area contributed by atoms with Gasteiger partial charge in [0.1, 0.15) is 6.04 Å². The summed E-state index contributed by atoms with van der Waals surface area (Å²) in [4.78, 5) is 37.4. The fourth-order valence-electron chi connectivity index (χ4n) is 2.77. The van der Waals surface area contributed by atoms with Gasteiger partial charge in [-0.2, -0.15) is 0 Å². The summed E-state index contributed by atoms with van der Waals surface area (Å²) in [5, 5.41) is 5.28. The fraction of sp³-hybridized carbons (Fsp3) is 0.500. The van der Waals surface area contributed by atoms with Crippen molar-refractivity contribution in [3.63, 3.8) is 0 Å². The summed E-state index contributed by atoms with van der Waals surface area (Å²) in [6.07, 6.45) is 0.417. The van der Waals surface area contributed by atoms with Gasteiger partial charge < -0.3 is 20.1 Å². The van der Waals surface area contributed by atoms with Crippen LogP contribution in [0.1, 0.15) is 25.8 Å². The van der Waals surface area contributed by atoms with Crippen molar-refractivity contribution >= 4 is 17.8 Å². The second-order valence-electron chi connectivity index (χ2n) is 6.36. The number of imide groups is 1. The molecule has 0 aromatic heterocycles. The Bertz CT molecular complexity index is 689. The predicted octanol–water partition coefficient (Wildman–Crippen LogP) is 1.08. The van der Waals surface area contributed by atoms with Crippen molar-refractivity contribution in [2.75, 3.05) is 20.8 Å². The van der Waals surface area contributed by atoms with Gasteiger partial charge in [0, 0.05) is 12.6 Å². The Morgan fingerprint density at radius 2 is 1.92 bits per heavy atom. The molecule has 8 nitrogen and oxygen atoms in total. The highest BCUT2D eigenvalue weighted by atomic mass is 16.5. The molecule has 4 amide bonds. The lowest BCUT2D eigenvalue weighted by molar-refractivity contribution is -0.131. The highest BCUT2D eigenvalue weighted by molar-refractivity contribution is 6.05. The van der Waals surface area contributed by atoms with Crippen LogP contribution >= 0.6 is 0 Å². The van der Waals surface area contributed by atoms with Crippen LogP contribution in [-0.4, -0.2) is 55.6 Å². The van der Waals surface area contributed by atoms with Gasteiger partial charge in [0.05, 0.1) is 20.6 Å². The second kappa shape index (κ2) is 8.55. The molecule has 1 aliphatic heterocycles. The summed E-state index contributed by atoms with van der Waals surface area (Å²) < 4.78 is 10.4. The third-order valence-electron chi connectivity index (χ3n) is 4.02. The molecule has 1 aromatic rings. The van der Waals surface area contributed by atoms with Crippen molar-refractivity contribution in [2.45, 2.75) is 38.8 Å². The first-order chi connectivity index (χ1) is 12.3. The standard InChI is InChI=1S/C18H25N3O5/c1-11(2)19-16(22)10-13-17(23)21(18(24)20-13)8-7-12-5-6-14(25-3)15(9-12)26-4/h5-6,9,11,13H,7-8,10H2,1-4H3,(H,19,22)(H,20,24). The van der Waals surface area contributed by atoms with Gasteiger partial charge in [-0.05, 0) is 38.0 Å². The number of hydrogen-bond acceptors (Lipinski definition) is 5. The van der Waals surface area contributed by atoms with Gasteiger partial charge in [-0.1, -0.05) is 6.07 Å². The van der Waals surface area contributed by atoms with Crippen LogP contribution in [0.25, 0.3) is 0 Å². The number of carbonyl (C=O) groups is 3. The topological polar surface area (TPSA) is 97.0 Å². The molecule has 142 valence electrons. The van der Waals surface area contributed by atoms with Crippen molar-refractivity contribution in [1.29, 1.82) is 0 Å². The Morgan fingerprint density at radius 3 is 2.54 bits per heavy atom. The molecule has 2 rings (SSSR count). The minimum absolute atomic E-state index is 0.0177. The summed E-state index contributed by atoms with van der Waals surface area (Å²) in [6, 6.07) is 4.14. The largest absolute Gasteiger partial charge is 0.493 e. The molecule has 0 saturated carbocycles. The van der Waals surface area contributed by atoms with E-state index in [1.807, 2.05) is 26.0 Å². The number of amides is 4. The van der Waals surface area contributed by atoms with Crippen molar-refractivity contribution in [3.05, 3.63) is 23.8 Å². The van der Waals surface area contributed by atoms with Crippen LogP contribution in [0, 0.1) is 0 Å². The van der Waals surface area contributed by atoms with E-state index in [9.17, 15) is 14.4 Å². The molecule has 0 aliphatic carbocycles. The molecule has 1 fully saturated rings. The zero-order valence-electron chi connectivity index (χ0n) is 15.5. The smallest absolute Gasteiger partial charge is 0.324 e. The van der Waals surface area contributed by atoms with E-state index in [1.54, 1.807) is 20.3 Å². The number of carbonyl (C=O) groups excluding carboxylic acids is 3. The van der Waals surface area contributed by atoms with Gasteiger partial charge in [-0.25, -0.2) is 4.79 Å². The number of nitrogens with one attached hydrogen (secondary N) is 2. The van der Waals surface area contributed by atoms with E-state index in [2.05, 4.69) is 10.6 Å². The van der Waals surface area contributed by atoms with Gasteiger partial charge in [0.2, 0.25) is 5.91 Å². The van der Waals surface area contributed by atoms with E-state index in [4.69, 9.17) is 9.47 Å². The second-order valence-corrected chi connectivity index (χ2v) is 6.36. The average molecular weight is 363 g/mol. The number of urea groups is 1. The molecule has 0 radical (unpaired) electrons. The van der Waals surface area contributed by atoms with Crippen molar-refractivity contribution in [2.24, 2.45) is 0 Å². The molecule has 8 heteroatoms. The van der Waals surface area contributed by atoms with E-state index >= 15 is 0 Å². The van der Waals surface area contributed by atoms with Crippen molar-refractivity contribution in [3.8, 4) is 11.5 Å². The van der Waals surface area contributed by atoms with Gasteiger partial charge in [-0.15, -0.1) is 0 Å². The van der Waals surface area contributed by atoms with Crippen LogP contribution in [0.4, 0.5) is 4.79 Å². The SMILES string of the molecule is COc1ccc(CCN2C(=O)NC(CC(=O)NC(C)C)C2=O)cc1OC. The summed E-state index contributed by atoms with van der Waals surface area (Å²) in [5.74, 6) is 0.558. The molecule has 1 heterocycles. The van der Waals surface area contributed by atoms with Crippen LogP contribution in [-0.2, 0) is 16.0 Å². The lowest BCUT2D eigenvalue weighted by Crippen LogP contribution is -2.38. The number of benzene rings is 1. The normalized spacial score (nSPS) is 16.7. The predicted molar refractivity (Wildman–Crippen MR) is 95.2 cm³/mol. The molecule has 0 spiro atoms. The molecule has 1 saturated heterocycles. The van der Waals surface area contributed by atoms with Crippen LogP contribution in [0.5, 0.6) is 11.5 Å². The minimum Gasteiger partial charge on any atom is -0.493 e. The highest BCUT2D eigenvalue weighted by Gasteiger charge is 2.38. The summed E-state index contributed by atoms with van der Waals surface area (Å²) in [7, 11) is 3.10. The number of ether oxygens (including phenoxy) is 2. The van der Waals surface area contributed by atoms with Crippen LogP contribution in [0.2, 0.25) is 0 Å². The third-order valence-corrected chi connectivity index (χ3v) is 4.02. The van der Waals surface area contributed by atoms with Crippen molar-refractivity contribution in [1.82, 2.24) is 15.5 Å². The maximum absolute atomic E-state index is 12.4. The minimum atomic E-state index is -0.813.